The molecule has 0 aromatic carbocycles. The number of nitrogens with zero attached hydrogens (tertiary/aromatic N) is 4. The molecule has 8 heteroatoms. The number of nitrogens with one attached hydrogen (secondary N) is 4. The van der Waals surface area contributed by atoms with Crippen molar-refractivity contribution in [2.45, 2.75) is 33.1 Å². The van der Waals surface area contributed by atoms with Gasteiger partial charge >= 0.3 is 0 Å². The first-order valence-corrected chi connectivity index (χ1v) is 9.07. The summed E-state index contributed by atoms with van der Waals surface area (Å²) in [5, 5.41) is 12.9. The van der Waals surface area contributed by atoms with Gasteiger partial charge in [-0.15, -0.1) is 0 Å². The molecular formula is C17H28N8. The van der Waals surface area contributed by atoms with Crippen molar-refractivity contribution in [1.82, 2.24) is 19.9 Å². The Morgan fingerprint density at radius 1 is 0.920 bits per heavy atom. The molecule has 1 saturated carbocycles. The Morgan fingerprint density at radius 3 is 1.96 bits per heavy atom. The molecule has 1 atom stereocenters. The van der Waals surface area contributed by atoms with Gasteiger partial charge in [-0.2, -0.15) is 9.97 Å². The highest BCUT2D eigenvalue weighted by molar-refractivity contribution is 5.94. The van der Waals surface area contributed by atoms with Gasteiger partial charge in [0.1, 0.15) is 11.0 Å². The van der Waals surface area contributed by atoms with Crippen LogP contribution in [0, 0.1) is 11.8 Å². The highest BCUT2D eigenvalue weighted by Crippen LogP contribution is 2.30. The average Bonchev–Trinajstić information content (AvgIpc) is 3.47. The highest BCUT2D eigenvalue weighted by atomic mass is 15.2. The molecule has 2 aromatic rings. The van der Waals surface area contributed by atoms with Gasteiger partial charge in [-0.1, -0.05) is 20.3 Å². The molecule has 0 bridgehead atoms. The summed E-state index contributed by atoms with van der Waals surface area (Å²) in [7, 11) is 3.69. The number of hydrogen-bond acceptors (Lipinski definition) is 8. The van der Waals surface area contributed by atoms with Crippen molar-refractivity contribution in [3.05, 3.63) is 0 Å². The van der Waals surface area contributed by atoms with E-state index in [0.29, 0.717) is 40.5 Å². The van der Waals surface area contributed by atoms with Crippen LogP contribution >= 0.6 is 0 Å². The van der Waals surface area contributed by atoms with E-state index in [0.717, 1.165) is 25.4 Å². The lowest BCUT2D eigenvalue weighted by Gasteiger charge is -2.14. The van der Waals surface area contributed by atoms with Crippen molar-refractivity contribution >= 4 is 34.6 Å². The standard InChI is InChI=1S/C17H28N8/c1-5-10(2)8-20-16-22-12-13(14(18-3)24-16)23-17(25-15(12)19-4)21-9-11-6-7-11/h10-11H,5-9H2,1-4H3,(H2,18,20,22,24)(H2,19,21,23,25). The number of hydrogen-bond donors (Lipinski definition) is 4. The van der Waals surface area contributed by atoms with Crippen molar-refractivity contribution in [1.29, 1.82) is 0 Å². The monoisotopic (exact) mass is 344 g/mol. The molecule has 1 fully saturated rings. The largest absolute Gasteiger partial charge is 0.371 e. The van der Waals surface area contributed by atoms with Gasteiger partial charge in [-0.05, 0) is 24.7 Å². The van der Waals surface area contributed by atoms with E-state index in [2.05, 4.69) is 55.1 Å². The molecule has 0 spiro atoms. The van der Waals surface area contributed by atoms with E-state index in [1.807, 2.05) is 14.1 Å². The molecule has 25 heavy (non-hydrogen) atoms. The topological polar surface area (TPSA) is 99.7 Å². The summed E-state index contributed by atoms with van der Waals surface area (Å²) in [6.07, 6.45) is 3.69. The maximum absolute atomic E-state index is 4.63. The van der Waals surface area contributed by atoms with Crippen LogP contribution in [-0.4, -0.2) is 47.1 Å². The summed E-state index contributed by atoms with van der Waals surface area (Å²) in [6.45, 7) is 6.13. The van der Waals surface area contributed by atoms with Crippen LogP contribution in [0.3, 0.4) is 0 Å². The van der Waals surface area contributed by atoms with Crippen molar-refractivity contribution in [2.24, 2.45) is 11.8 Å². The quantitative estimate of drug-likeness (QED) is 0.551. The molecule has 1 aliphatic rings. The first-order valence-electron chi connectivity index (χ1n) is 9.07. The fraction of sp³-hybridized carbons (Fsp3) is 0.647. The van der Waals surface area contributed by atoms with Crippen LogP contribution in [0.2, 0.25) is 0 Å². The van der Waals surface area contributed by atoms with Gasteiger partial charge in [-0.3, -0.25) is 0 Å². The normalized spacial score (nSPS) is 15.0. The fourth-order valence-corrected chi connectivity index (χ4v) is 2.49. The van der Waals surface area contributed by atoms with E-state index < -0.39 is 0 Å². The summed E-state index contributed by atoms with van der Waals surface area (Å²) >= 11 is 0. The van der Waals surface area contributed by atoms with Gasteiger partial charge < -0.3 is 21.3 Å². The average molecular weight is 344 g/mol. The maximum Gasteiger partial charge on any atom is 0.225 e. The van der Waals surface area contributed by atoms with Crippen LogP contribution in [0.15, 0.2) is 0 Å². The Morgan fingerprint density at radius 2 is 1.48 bits per heavy atom. The molecule has 8 nitrogen and oxygen atoms in total. The second-order valence-corrected chi connectivity index (χ2v) is 6.71. The minimum Gasteiger partial charge on any atom is -0.371 e. The third kappa shape index (κ3) is 4.18. The van der Waals surface area contributed by atoms with Gasteiger partial charge in [0.15, 0.2) is 11.6 Å². The molecule has 0 amide bonds. The van der Waals surface area contributed by atoms with Crippen LogP contribution in [0.5, 0.6) is 0 Å². The zero-order valence-electron chi connectivity index (χ0n) is 15.5. The molecule has 136 valence electrons. The van der Waals surface area contributed by atoms with Crippen LogP contribution < -0.4 is 21.3 Å². The first kappa shape index (κ1) is 17.4. The van der Waals surface area contributed by atoms with Crippen molar-refractivity contribution in [2.75, 3.05) is 48.5 Å². The summed E-state index contributed by atoms with van der Waals surface area (Å²) < 4.78 is 0. The molecule has 2 aromatic heterocycles. The van der Waals surface area contributed by atoms with Crippen LogP contribution in [0.25, 0.3) is 11.0 Å². The van der Waals surface area contributed by atoms with Crippen LogP contribution in [-0.2, 0) is 0 Å². The Labute approximate surface area is 148 Å². The van der Waals surface area contributed by atoms with Gasteiger partial charge in [0.25, 0.3) is 0 Å². The van der Waals surface area contributed by atoms with Crippen molar-refractivity contribution < 1.29 is 0 Å². The molecule has 2 heterocycles. The summed E-state index contributed by atoms with van der Waals surface area (Å²) in [5.41, 5.74) is 1.43. The van der Waals surface area contributed by atoms with Crippen molar-refractivity contribution in [3.8, 4) is 0 Å². The molecule has 1 unspecified atom stereocenters. The van der Waals surface area contributed by atoms with Gasteiger partial charge in [0.2, 0.25) is 11.9 Å². The second kappa shape index (κ2) is 7.67. The highest BCUT2D eigenvalue weighted by Gasteiger charge is 2.22. The first-order chi connectivity index (χ1) is 12.1. The zero-order chi connectivity index (χ0) is 17.8. The van der Waals surface area contributed by atoms with Crippen LogP contribution in [0.1, 0.15) is 33.1 Å². The number of aromatic nitrogens is 4. The molecular weight excluding hydrogens is 316 g/mol. The number of fused-ring (bicyclic) bond motifs is 1. The Kier molecular flexibility index (Phi) is 5.35. The van der Waals surface area contributed by atoms with E-state index in [1.165, 1.54) is 12.8 Å². The van der Waals surface area contributed by atoms with E-state index in [1.54, 1.807) is 0 Å². The molecule has 0 saturated heterocycles. The van der Waals surface area contributed by atoms with E-state index in [9.17, 15) is 0 Å². The lowest BCUT2D eigenvalue weighted by molar-refractivity contribution is 0.591. The smallest absolute Gasteiger partial charge is 0.225 e. The minimum atomic E-state index is 0.561. The predicted molar refractivity (Wildman–Crippen MR) is 103 cm³/mol. The fourth-order valence-electron chi connectivity index (χ4n) is 2.49. The lowest BCUT2D eigenvalue weighted by Crippen LogP contribution is -2.14. The summed E-state index contributed by atoms with van der Waals surface area (Å²) in [5.74, 6) is 3.93. The lowest BCUT2D eigenvalue weighted by atomic mass is 10.1. The Hall–Kier alpha value is -2.38. The number of anilines is 4. The SMILES string of the molecule is CCC(C)CNc1nc(NC)c2nc(NCC3CC3)nc(NC)c2n1. The minimum absolute atomic E-state index is 0.561. The molecule has 0 radical (unpaired) electrons. The molecule has 3 rings (SSSR count). The van der Waals surface area contributed by atoms with E-state index in [-0.39, 0.29) is 0 Å². The Bertz CT molecular complexity index is 728. The Balaban J connectivity index is 1.93. The van der Waals surface area contributed by atoms with Gasteiger partial charge in [0.05, 0.1) is 0 Å². The van der Waals surface area contributed by atoms with E-state index in [4.69, 9.17) is 0 Å². The number of rotatable bonds is 9. The molecule has 4 N–H and O–H groups in total. The van der Waals surface area contributed by atoms with Crippen LogP contribution in [0.4, 0.5) is 23.5 Å². The zero-order valence-corrected chi connectivity index (χ0v) is 15.5. The molecule has 1 aliphatic carbocycles. The third-order valence-electron chi connectivity index (χ3n) is 4.57. The van der Waals surface area contributed by atoms with Gasteiger partial charge in [-0.25, -0.2) is 9.97 Å². The summed E-state index contributed by atoms with van der Waals surface area (Å²) in [6, 6.07) is 0. The van der Waals surface area contributed by atoms with Gasteiger partial charge in [0, 0.05) is 27.2 Å². The van der Waals surface area contributed by atoms with Crippen molar-refractivity contribution in [3.63, 3.8) is 0 Å². The summed E-state index contributed by atoms with van der Waals surface area (Å²) in [4.78, 5) is 18.4. The predicted octanol–water partition coefficient (Wildman–Crippen LogP) is 2.78. The third-order valence-corrected chi connectivity index (χ3v) is 4.57. The maximum atomic E-state index is 4.63. The molecule has 0 aliphatic heterocycles. The van der Waals surface area contributed by atoms with E-state index >= 15 is 0 Å². The second-order valence-electron chi connectivity index (χ2n) is 6.71.